The molecule has 1 saturated carbocycles. The summed E-state index contributed by atoms with van der Waals surface area (Å²) >= 11 is 0. The lowest BCUT2D eigenvalue weighted by Gasteiger charge is -2.20. The van der Waals surface area contributed by atoms with Gasteiger partial charge < -0.3 is 4.42 Å². The zero-order valence-electron chi connectivity index (χ0n) is 10.8. The average Bonchev–Trinajstić information content (AvgIpc) is 2.48. The van der Waals surface area contributed by atoms with Crippen LogP contribution in [0.25, 0.3) is 11.3 Å². The Hall–Kier alpha value is -1.90. The summed E-state index contributed by atoms with van der Waals surface area (Å²) in [6.07, 6.45) is 7.72. The van der Waals surface area contributed by atoms with Crippen molar-refractivity contribution in [3.05, 3.63) is 52.7 Å². The van der Waals surface area contributed by atoms with Crippen molar-refractivity contribution in [1.29, 1.82) is 0 Å². The summed E-state index contributed by atoms with van der Waals surface area (Å²) in [5.74, 6) is 1.22. The minimum atomic E-state index is -0.274. The topological polar surface area (TPSA) is 43.1 Å². The van der Waals surface area contributed by atoms with Crippen molar-refractivity contribution in [3.8, 4) is 11.3 Å². The van der Waals surface area contributed by atoms with Crippen LogP contribution in [-0.2, 0) is 0 Å². The van der Waals surface area contributed by atoms with Crippen molar-refractivity contribution < 1.29 is 4.42 Å². The van der Waals surface area contributed by atoms with Gasteiger partial charge in [0, 0.05) is 23.7 Å². The maximum Gasteiger partial charge on any atom is 0.336 e. The fraction of sp³-hybridized carbons (Fsp3) is 0.375. The molecule has 0 amide bonds. The number of rotatable bonds is 2. The van der Waals surface area contributed by atoms with Crippen LogP contribution in [0.15, 0.2) is 45.7 Å². The Bertz CT molecular complexity index is 598. The molecule has 0 unspecified atom stereocenters. The van der Waals surface area contributed by atoms with Gasteiger partial charge in [-0.25, -0.2) is 4.79 Å². The lowest BCUT2D eigenvalue weighted by Crippen LogP contribution is -2.09. The van der Waals surface area contributed by atoms with Crippen LogP contribution in [0.3, 0.4) is 0 Å². The van der Waals surface area contributed by atoms with E-state index >= 15 is 0 Å². The first-order valence-corrected chi connectivity index (χ1v) is 6.89. The van der Waals surface area contributed by atoms with Crippen molar-refractivity contribution in [2.75, 3.05) is 0 Å². The Morgan fingerprint density at radius 3 is 2.68 bits per heavy atom. The molecule has 0 bridgehead atoms. The lowest BCUT2D eigenvalue weighted by atomic mass is 9.87. The smallest absolute Gasteiger partial charge is 0.336 e. The van der Waals surface area contributed by atoms with Crippen LogP contribution in [0.5, 0.6) is 0 Å². The molecule has 3 rings (SSSR count). The second-order valence-electron chi connectivity index (χ2n) is 5.12. The molecule has 19 heavy (non-hydrogen) atoms. The second-order valence-corrected chi connectivity index (χ2v) is 5.12. The minimum absolute atomic E-state index is 0.274. The molecule has 3 nitrogen and oxygen atoms in total. The van der Waals surface area contributed by atoms with Gasteiger partial charge in [-0.05, 0) is 31.0 Å². The van der Waals surface area contributed by atoms with Gasteiger partial charge in [-0.2, -0.15) is 0 Å². The molecular formula is C16H17NO2. The SMILES string of the molecule is O=c1cc(-c2ccccn2)cc(C2CCCCC2)o1. The summed E-state index contributed by atoms with van der Waals surface area (Å²) in [6.45, 7) is 0. The summed E-state index contributed by atoms with van der Waals surface area (Å²) in [4.78, 5) is 16.0. The van der Waals surface area contributed by atoms with Crippen LogP contribution in [0.1, 0.15) is 43.8 Å². The molecule has 0 aromatic carbocycles. The summed E-state index contributed by atoms with van der Waals surface area (Å²) in [5, 5.41) is 0. The quantitative estimate of drug-likeness (QED) is 0.820. The summed E-state index contributed by atoms with van der Waals surface area (Å²) in [7, 11) is 0. The van der Waals surface area contributed by atoms with Gasteiger partial charge in [-0.3, -0.25) is 4.98 Å². The largest absolute Gasteiger partial charge is 0.428 e. The summed E-state index contributed by atoms with van der Waals surface area (Å²) in [6, 6.07) is 9.22. The fourth-order valence-electron chi connectivity index (χ4n) is 2.77. The maximum absolute atomic E-state index is 11.7. The Kier molecular flexibility index (Phi) is 3.45. The highest BCUT2D eigenvalue weighted by Crippen LogP contribution is 2.33. The molecule has 0 spiro atoms. The predicted molar refractivity (Wildman–Crippen MR) is 74.0 cm³/mol. The first-order chi connectivity index (χ1) is 9.33. The molecule has 0 radical (unpaired) electrons. The first kappa shape index (κ1) is 12.2. The molecule has 0 saturated heterocycles. The molecule has 0 N–H and O–H groups in total. The third-order valence-corrected chi connectivity index (χ3v) is 3.76. The summed E-state index contributed by atoms with van der Waals surface area (Å²) < 4.78 is 5.40. The highest BCUT2D eigenvalue weighted by molar-refractivity contribution is 5.58. The Morgan fingerprint density at radius 1 is 1.11 bits per heavy atom. The van der Waals surface area contributed by atoms with Gasteiger partial charge in [-0.1, -0.05) is 25.3 Å². The van der Waals surface area contributed by atoms with Crippen molar-refractivity contribution in [1.82, 2.24) is 4.98 Å². The van der Waals surface area contributed by atoms with Crippen LogP contribution in [0.2, 0.25) is 0 Å². The van der Waals surface area contributed by atoms with Crippen molar-refractivity contribution in [3.63, 3.8) is 0 Å². The van der Waals surface area contributed by atoms with Crippen LogP contribution in [0.4, 0.5) is 0 Å². The van der Waals surface area contributed by atoms with Crippen molar-refractivity contribution in [2.24, 2.45) is 0 Å². The van der Waals surface area contributed by atoms with E-state index in [9.17, 15) is 4.79 Å². The van der Waals surface area contributed by atoms with Crippen LogP contribution < -0.4 is 5.63 Å². The second kappa shape index (κ2) is 5.39. The highest BCUT2D eigenvalue weighted by Gasteiger charge is 2.19. The number of aromatic nitrogens is 1. The minimum Gasteiger partial charge on any atom is -0.428 e. The average molecular weight is 255 g/mol. The third kappa shape index (κ3) is 2.75. The van der Waals surface area contributed by atoms with Crippen LogP contribution >= 0.6 is 0 Å². The zero-order valence-corrected chi connectivity index (χ0v) is 10.8. The van der Waals surface area contributed by atoms with Gasteiger partial charge in [0.15, 0.2) is 0 Å². The monoisotopic (exact) mass is 255 g/mol. The number of hydrogen-bond acceptors (Lipinski definition) is 3. The van der Waals surface area contributed by atoms with E-state index < -0.39 is 0 Å². The predicted octanol–water partition coefficient (Wildman–Crippen LogP) is 3.75. The van der Waals surface area contributed by atoms with Gasteiger partial charge in [-0.15, -0.1) is 0 Å². The molecule has 2 heterocycles. The number of hydrogen-bond donors (Lipinski definition) is 0. The van der Waals surface area contributed by atoms with Crippen molar-refractivity contribution >= 4 is 0 Å². The Balaban J connectivity index is 1.98. The molecule has 1 aliphatic carbocycles. The number of nitrogens with zero attached hydrogens (tertiary/aromatic N) is 1. The van der Waals surface area contributed by atoms with Gasteiger partial charge in [0.2, 0.25) is 0 Å². The van der Waals surface area contributed by atoms with E-state index in [1.807, 2.05) is 24.3 Å². The maximum atomic E-state index is 11.7. The molecule has 0 atom stereocenters. The number of pyridine rings is 1. The Labute approximate surface area is 112 Å². The van der Waals surface area contributed by atoms with E-state index in [2.05, 4.69) is 4.98 Å². The van der Waals surface area contributed by atoms with Crippen LogP contribution in [0, 0.1) is 0 Å². The summed E-state index contributed by atoms with van der Waals surface area (Å²) in [5.41, 5.74) is 1.41. The first-order valence-electron chi connectivity index (χ1n) is 6.89. The van der Waals surface area contributed by atoms with Gasteiger partial charge in [0.25, 0.3) is 0 Å². The van der Waals surface area contributed by atoms with E-state index in [1.54, 1.807) is 6.20 Å². The van der Waals surface area contributed by atoms with Gasteiger partial charge >= 0.3 is 5.63 Å². The molecule has 98 valence electrons. The Morgan fingerprint density at radius 2 is 1.95 bits per heavy atom. The molecule has 2 aromatic heterocycles. The third-order valence-electron chi connectivity index (χ3n) is 3.76. The lowest BCUT2D eigenvalue weighted by molar-refractivity contribution is 0.355. The fourth-order valence-corrected chi connectivity index (χ4v) is 2.77. The molecule has 1 fully saturated rings. The highest BCUT2D eigenvalue weighted by atomic mass is 16.4. The molecular weight excluding hydrogens is 238 g/mol. The van der Waals surface area contributed by atoms with Crippen molar-refractivity contribution in [2.45, 2.75) is 38.0 Å². The van der Waals surface area contributed by atoms with E-state index in [0.29, 0.717) is 5.92 Å². The zero-order chi connectivity index (χ0) is 13.1. The molecule has 2 aromatic rings. The van der Waals surface area contributed by atoms with Gasteiger partial charge in [0.05, 0.1) is 5.69 Å². The molecule has 1 aliphatic rings. The van der Waals surface area contributed by atoms with E-state index in [4.69, 9.17) is 4.42 Å². The van der Waals surface area contributed by atoms with E-state index in [1.165, 1.54) is 25.3 Å². The van der Waals surface area contributed by atoms with Gasteiger partial charge in [0.1, 0.15) is 5.76 Å². The standard InChI is InChI=1S/C16H17NO2/c18-16-11-13(14-8-4-5-9-17-14)10-15(19-16)12-6-2-1-3-7-12/h4-5,8-12H,1-3,6-7H2. The van der Waals surface area contributed by atoms with E-state index in [-0.39, 0.29) is 5.63 Å². The normalized spacial score (nSPS) is 16.4. The van der Waals surface area contributed by atoms with Crippen LogP contribution in [-0.4, -0.2) is 4.98 Å². The molecule has 3 heteroatoms. The molecule has 0 aliphatic heterocycles. The van der Waals surface area contributed by atoms with E-state index in [0.717, 1.165) is 29.9 Å².